The van der Waals surface area contributed by atoms with E-state index in [1.165, 1.54) is 0 Å². The molecule has 26 heavy (non-hydrogen) atoms. The summed E-state index contributed by atoms with van der Waals surface area (Å²) < 4.78 is 0. The summed E-state index contributed by atoms with van der Waals surface area (Å²) in [5.74, 6) is -0.722. The third kappa shape index (κ3) is 2.59. The van der Waals surface area contributed by atoms with Crippen LogP contribution in [0.2, 0.25) is 5.02 Å². The van der Waals surface area contributed by atoms with Crippen molar-refractivity contribution in [2.75, 3.05) is 0 Å². The minimum atomic E-state index is -0.428. The van der Waals surface area contributed by atoms with Gasteiger partial charge >= 0.3 is 0 Å². The lowest BCUT2D eigenvalue weighted by atomic mass is 9.84. The summed E-state index contributed by atoms with van der Waals surface area (Å²) >= 11 is 12.8. The van der Waals surface area contributed by atoms with Crippen molar-refractivity contribution in [2.24, 2.45) is 0 Å². The molecule has 0 spiro atoms. The largest absolute Gasteiger partial charge is 0.289 e. The first kappa shape index (κ1) is 16.8. The molecule has 0 amide bonds. The van der Waals surface area contributed by atoms with Gasteiger partial charge in [0.1, 0.15) is 5.03 Å². The van der Waals surface area contributed by atoms with Gasteiger partial charge in [-0.15, -0.1) is 0 Å². The number of Topliss-reactive ketones (excluding diaryl/α,β-unsaturated/α-hetero) is 2. The summed E-state index contributed by atoms with van der Waals surface area (Å²) in [6.07, 6.45) is 0. The Hall–Kier alpha value is -2.68. The number of fused-ring (bicyclic) bond motifs is 1. The fourth-order valence-electron chi connectivity index (χ4n) is 3.15. The third-order valence-corrected chi connectivity index (χ3v) is 5.16. The van der Waals surface area contributed by atoms with Gasteiger partial charge in [-0.05, 0) is 17.2 Å². The Kier molecular flexibility index (Phi) is 4.23. The van der Waals surface area contributed by atoms with Crippen LogP contribution >= 0.6 is 23.2 Å². The lowest BCUT2D eigenvalue weighted by Crippen LogP contribution is -2.20. The molecule has 4 rings (SSSR count). The van der Waals surface area contributed by atoms with Crippen LogP contribution in [-0.2, 0) is 0 Å². The zero-order valence-electron chi connectivity index (χ0n) is 13.5. The van der Waals surface area contributed by atoms with Crippen LogP contribution in [0.15, 0.2) is 77.8 Å². The highest BCUT2D eigenvalue weighted by Gasteiger charge is 2.34. The smallest absolute Gasteiger partial charge is 0.207 e. The van der Waals surface area contributed by atoms with Crippen molar-refractivity contribution in [1.29, 1.82) is 0 Å². The number of carbonyl (C=O) groups excluding carboxylic acids is 2. The molecule has 2 nitrogen and oxygen atoms in total. The fourth-order valence-corrected chi connectivity index (χ4v) is 3.80. The van der Waals surface area contributed by atoms with Crippen LogP contribution in [0.3, 0.4) is 0 Å². The zero-order chi connectivity index (χ0) is 18.3. The molecule has 0 unspecified atom stereocenters. The van der Waals surface area contributed by atoms with E-state index >= 15 is 0 Å². The van der Waals surface area contributed by atoms with Crippen LogP contribution in [0.25, 0.3) is 16.7 Å². The zero-order valence-corrected chi connectivity index (χ0v) is 15.0. The van der Waals surface area contributed by atoms with Gasteiger partial charge in [0.25, 0.3) is 0 Å². The highest BCUT2D eigenvalue weighted by atomic mass is 35.5. The molecule has 0 saturated heterocycles. The van der Waals surface area contributed by atoms with E-state index in [9.17, 15) is 9.59 Å². The summed E-state index contributed by atoms with van der Waals surface area (Å²) in [4.78, 5) is 25.9. The van der Waals surface area contributed by atoms with E-state index in [1.807, 2.05) is 36.4 Å². The van der Waals surface area contributed by atoms with Crippen molar-refractivity contribution in [1.82, 2.24) is 0 Å². The van der Waals surface area contributed by atoms with Gasteiger partial charge < -0.3 is 0 Å². The van der Waals surface area contributed by atoms with Crippen LogP contribution in [0.4, 0.5) is 0 Å². The Morgan fingerprint density at radius 2 is 1.12 bits per heavy atom. The Balaban J connectivity index is 1.92. The monoisotopic (exact) mass is 378 g/mol. The normalized spacial score (nSPS) is 13.8. The molecule has 126 valence electrons. The first-order valence-corrected chi connectivity index (χ1v) is 8.77. The molecule has 0 fully saturated rings. The molecule has 0 N–H and O–H groups in total. The highest BCUT2D eigenvalue weighted by molar-refractivity contribution is 6.58. The van der Waals surface area contributed by atoms with Crippen LogP contribution in [0, 0.1) is 0 Å². The van der Waals surface area contributed by atoms with E-state index in [-0.39, 0.29) is 32.5 Å². The number of carbonyl (C=O) groups is 2. The maximum atomic E-state index is 13.0. The van der Waals surface area contributed by atoms with Crippen LogP contribution < -0.4 is 0 Å². The molecule has 4 heteroatoms. The van der Waals surface area contributed by atoms with Crippen LogP contribution in [0.1, 0.15) is 26.3 Å². The summed E-state index contributed by atoms with van der Waals surface area (Å²) in [6, 6.07) is 21.8. The summed E-state index contributed by atoms with van der Waals surface area (Å²) in [7, 11) is 0. The van der Waals surface area contributed by atoms with Crippen molar-refractivity contribution >= 4 is 40.3 Å². The number of halogens is 2. The third-order valence-electron chi connectivity index (χ3n) is 4.41. The predicted molar refractivity (Wildman–Crippen MR) is 105 cm³/mol. The fraction of sp³-hybridized carbons (Fsp3) is 0. The molecule has 0 heterocycles. The minimum absolute atomic E-state index is 0.0965. The van der Waals surface area contributed by atoms with Gasteiger partial charge in [0.2, 0.25) is 5.78 Å². The second kappa shape index (κ2) is 6.56. The van der Waals surface area contributed by atoms with E-state index < -0.39 is 5.78 Å². The van der Waals surface area contributed by atoms with Gasteiger partial charge in [0.15, 0.2) is 5.78 Å². The van der Waals surface area contributed by atoms with Crippen LogP contribution in [-0.4, -0.2) is 11.6 Å². The van der Waals surface area contributed by atoms with Gasteiger partial charge in [-0.1, -0.05) is 89.9 Å². The lowest BCUT2D eigenvalue weighted by Gasteiger charge is -2.20. The Labute approximate surface area is 160 Å². The van der Waals surface area contributed by atoms with E-state index in [0.29, 0.717) is 11.1 Å². The average Bonchev–Trinajstić information content (AvgIpc) is 2.68. The molecule has 0 atom stereocenters. The second-order valence-corrected chi connectivity index (χ2v) is 6.68. The van der Waals surface area contributed by atoms with Gasteiger partial charge in [-0.25, -0.2) is 0 Å². The Morgan fingerprint density at radius 3 is 1.73 bits per heavy atom. The molecular formula is C22H12Cl2O2. The number of hydrogen-bond donors (Lipinski definition) is 0. The molecule has 3 aromatic carbocycles. The predicted octanol–water partition coefficient (Wildman–Crippen LogP) is 6.04. The summed E-state index contributed by atoms with van der Waals surface area (Å²) in [5.41, 5.74) is 2.85. The van der Waals surface area contributed by atoms with E-state index in [1.54, 1.807) is 36.4 Å². The number of hydrogen-bond acceptors (Lipinski definition) is 2. The van der Waals surface area contributed by atoms with Gasteiger partial charge in [0, 0.05) is 11.1 Å². The first-order valence-electron chi connectivity index (χ1n) is 8.02. The van der Waals surface area contributed by atoms with Crippen molar-refractivity contribution in [3.63, 3.8) is 0 Å². The second-order valence-electron chi connectivity index (χ2n) is 5.93. The number of rotatable bonds is 2. The Morgan fingerprint density at radius 1 is 0.577 bits per heavy atom. The van der Waals surface area contributed by atoms with Gasteiger partial charge in [0.05, 0.1) is 16.2 Å². The summed E-state index contributed by atoms with van der Waals surface area (Å²) in [5, 5.41) is 0.151. The lowest BCUT2D eigenvalue weighted by molar-refractivity contribution is 0.0998. The molecule has 1 aliphatic rings. The van der Waals surface area contributed by atoms with Crippen molar-refractivity contribution in [3.05, 3.63) is 99.5 Å². The number of benzene rings is 3. The van der Waals surface area contributed by atoms with E-state index in [4.69, 9.17) is 23.2 Å². The average molecular weight is 379 g/mol. The number of allylic oxidation sites excluding steroid dienone is 2. The maximum Gasteiger partial charge on any atom is 0.207 e. The van der Waals surface area contributed by atoms with Gasteiger partial charge in [-0.3, -0.25) is 9.59 Å². The van der Waals surface area contributed by atoms with Gasteiger partial charge in [-0.2, -0.15) is 0 Å². The standard InChI is InChI=1S/C22H12Cl2O2/c23-19-15(13-7-3-1-4-8-13)11-12-16-18(19)22(26)20(24)17(21(16)25)14-9-5-2-6-10-14/h1-12H. The molecular weight excluding hydrogens is 367 g/mol. The topological polar surface area (TPSA) is 34.1 Å². The van der Waals surface area contributed by atoms with Crippen molar-refractivity contribution in [2.45, 2.75) is 0 Å². The maximum absolute atomic E-state index is 13.0. The minimum Gasteiger partial charge on any atom is -0.289 e. The molecule has 0 saturated carbocycles. The quantitative estimate of drug-likeness (QED) is 0.544. The van der Waals surface area contributed by atoms with E-state index in [2.05, 4.69) is 0 Å². The molecule has 0 bridgehead atoms. The number of ketones is 2. The molecule has 0 aliphatic heterocycles. The SMILES string of the molecule is O=C1C(c2ccccc2)=C(Cl)C(=O)c2c1ccc(-c1ccccc1)c2Cl. The highest BCUT2D eigenvalue weighted by Crippen LogP contribution is 2.40. The Bertz CT molecular complexity index is 1070. The summed E-state index contributed by atoms with van der Waals surface area (Å²) in [6.45, 7) is 0. The molecule has 3 aromatic rings. The van der Waals surface area contributed by atoms with Crippen molar-refractivity contribution in [3.8, 4) is 11.1 Å². The first-order chi connectivity index (χ1) is 12.6. The van der Waals surface area contributed by atoms with Crippen molar-refractivity contribution < 1.29 is 9.59 Å². The molecule has 0 aromatic heterocycles. The van der Waals surface area contributed by atoms with Crippen LogP contribution in [0.5, 0.6) is 0 Å². The van der Waals surface area contributed by atoms with E-state index in [0.717, 1.165) is 5.56 Å². The molecule has 0 radical (unpaired) electrons. The molecule has 1 aliphatic carbocycles.